The molecule has 0 bridgehead atoms. The molecule has 23 heavy (non-hydrogen) atoms. The standard InChI is InChI=1S/C16H19N4O2P/c1-13-9-11-14(12-10-13)16-17-19(2)23(21,20(3)18-16)22-15-7-5-4-6-8-15/h4-12H,1-3H3,(H,17,18). The second-order valence-corrected chi connectivity index (χ2v) is 7.68. The Morgan fingerprint density at radius 2 is 1.70 bits per heavy atom. The van der Waals surface area contributed by atoms with E-state index < -0.39 is 7.67 Å². The normalized spacial score (nSPS) is 21.5. The molecule has 1 aliphatic heterocycles. The molecule has 1 heterocycles. The van der Waals surface area contributed by atoms with Crippen molar-refractivity contribution in [3.8, 4) is 5.75 Å². The zero-order chi connectivity index (χ0) is 16.4. The van der Waals surface area contributed by atoms with Gasteiger partial charge in [-0.15, -0.1) is 9.88 Å². The van der Waals surface area contributed by atoms with Crippen molar-refractivity contribution in [2.45, 2.75) is 6.92 Å². The number of hydrazone groups is 1. The molecular weight excluding hydrogens is 311 g/mol. The highest BCUT2D eigenvalue weighted by Crippen LogP contribution is 2.53. The summed E-state index contributed by atoms with van der Waals surface area (Å²) in [5, 5.41) is 4.39. The molecule has 7 heteroatoms. The molecule has 0 fully saturated rings. The number of nitrogens with one attached hydrogen (secondary N) is 1. The van der Waals surface area contributed by atoms with Gasteiger partial charge < -0.3 is 4.52 Å². The molecule has 2 aromatic rings. The van der Waals surface area contributed by atoms with E-state index in [0.29, 0.717) is 11.6 Å². The van der Waals surface area contributed by atoms with Crippen LogP contribution in [0.25, 0.3) is 0 Å². The second kappa shape index (κ2) is 6.07. The molecule has 0 aliphatic carbocycles. The topological polar surface area (TPSA) is 57.2 Å². The first-order chi connectivity index (χ1) is 11.0. The van der Waals surface area contributed by atoms with Crippen molar-refractivity contribution < 1.29 is 9.09 Å². The van der Waals surface area contributed by atoms with E-state index in [2.05, 4.69) is 10.5 Å². The van der Waals surface area contributed by atoms with Crippen LogP contribution in [-0.2, 0) is 4.57 Å². The van der Waals surface area contributed by atoms with Gasteiger partial charge in [0.25, 0.3) is 0 Å². The molecule has 0 spiro atoms. The third-order valence-corrected chi connectivity index (χ3v) is 5.68. The van der Waals surface area contributed by atoms with Gasteiger partial charge in [-0.05, 0) is 19.1 Å². The number of benzene rings is 2. The molecule has 6 nitrogen and oxygen atoms in total. The van der Waals surface area contributed by atoms with Crippen LogP contribution in [0.5, 0.6) is 5.75 Å². The fourth-order valence-electron chi connectivity index (χ4n) is 2.21. The molecule has 1 unspecified atom stereocenters. The lowest BCUT2D eigenvalue weighted by Gasteiger charge is -2.37. The molecule has 0 radical (unpaired) electrons. The SMILES string of the molecule is Cc1ccc(C2=NN(C)P(=O)(Oc3ccccc3)N(C)N2)cc1. The average molecular weight is 330 g/mol. The van der Waals surface area contributed by atoms with Gasteiger partial charge in [0.05, 0.1) is 0 Å². The Bertz CT molecular complexity index is 761. The Hall–Kier alpha value is -2.30. The van der Waals surface area contributed by atoms with Crippen LogP contribution in [0, 0.1) is 6.92 Å². The number of hydrogen-bond acceptors (Lipinski definition) is 4. The average Bonchev–Trinajstić information content (AvgIpc) is 2.54. The third-order valence-electron chi connectivity index (χ3n) is 3.55. The molecule has 1 aliphatic rings. The van der Waals surface area contributed by atoms with Crippen molar-refractivity contribution in [1.29, 1.82) is 0 Å². The summed E-state index contributed by atoms with van der Waals surface area (Å²) in [5.74, 6) is 1.16. The Kier molecular flexibility index (Phi) is 4.11. The van der Waals surface area contributed by atoms with Crippen LogP contribution in [0.15, 0.2) is 59.7 Å². The first-order valence-corrected chi connectivity index (χ1v) is 8.77. The molecule has 0 saturated heterocycles. The van der Waals surface area contributed by atoms with Crippen LogP contribution in [-0.4, -0.2) is 29.5 Å². The van der Waals surface area contributed by atoms with Gasteiger partial charge in [0.1, 0.15) is 5.75 Å². The van der Waals surface area contributed by atoms with Crippen LogP contribution in [0.4, 0.5) is 0 Å². The van der Waals surface area contributed by atoms with E-state index in [1.807, 2.05) is 49.4 Å². The number of aryl methyl sites for hydroxylation is 1. The summed E-state index contributed by atoms with van der Waals surface area (Å²) in [7, 11) is 0.0150. The smallest absolute Gasteiger partial charge is 0.416 e. The highest BCUT2D eigenvalue weighted by atomic mass is 31.2. The molecular formula is C16H19N4O2P. The van der Waals surface area contributed by atoms with Gasteiger partial charge in [-0.3, -0.25) is 5.43 Å². The van der Waals surface area contributed by atoms with Crippen molar-refractivity contribution in [2.24, 2.45) is 5.10 Å². The van der Waals surface area contributed by atoms with Crippen LogP contribution >= 0.6 is 7.67 Å². The molecule has 0 aromatic heterocycles. The maximum atomic E-state index is 13.2. The van der Waals surface area contributed by atoms with Crippen LogP contribution in [0.1, 0.15) is 11.1 Å². The van der Waals surface area contributed by atoms with Crippen molar-refractivity contribution in [1.82, 2.24) is 15.0 Å². The summed E-state index contributed by atoms with van der Waals surface area (Å²) in [6, 6.07) is 17.0. The van der Waals surface area contributed by atoms with Crippen LogP contribution < -0.4 is 9.95 Å². The molecule has 3 rings (SSSR count). The maximum Gasteiger partial charge on any atom is 0.455 e. The Balaban J connectivity index is 1.88. The fraction of sp³-hybridized carbons (Fsp3) is 0.188. The van der Waals surface area contributed by atoms with E-state index in [4.69, 9.17) is 4.52 Å². The Morgan fingerprint density at radius 1 is 1.04 bits per heavy atom. The summed E-state index contributed by atoms with van der Waals surface area (Å²) in [6.07, 6.45) is 0. The number of hydrogen-bond donors (Lipinski definition) is 1. The van der Waals surface area contributed by atoms with E-state index in [1.54, 1.807) is 26.2 Å². The summed E-state index contributed by atoms with van der Waals surface area (Å²) in [4.78, 5) is 0. The zero-order valence-electron chi connectivity index (χ0n) is 13.3. The largest absolute Gasteiger partial charge is 0.455 e. The molecule has 0 amide bonds. The van der Waals surface area contributed by atoms with Gasteiger partial charge in [-0.1, -0.05) is 48.0 Å². The maximum absolute atomic E-state index is 13.2. The fourth-order valence-corrected chi connectivity index (χ4v) is 3.66. The van der Waals surface area contributed by atoms with Gasteiger partial charge in [0.15, 0.2) is 5.84 Å². The van der Waals surface area contributed by atoms with Gasteiger partial charge in [0.2, 0.25) is 0 Å². The quantitative estimate of drug-likeness (QED) is 0.876. The van der Waals surface area contributed by atoms with Crippen LogP contribution in [0.3, 0.4) is 0 Å². The van der Waals surface area contributed by atoms with Crippen LogP contribution in [0.2, 0.25) is 0 Å². The third kappa shape index (κ3) is 3.09. The minimum absolute atomic E-state index is 0.533. The predicted octanol–water partition coefficient (Wildman–Crippen LogP) is 3.23. The first-order valence-electron chi connectivity index (χ1n) is 7.24. The van der Waals surface area contributed by atoms with E-state index in [9.17, 15) is 4.57 Å². The Morgan fingerprint density at radius 3 is 2.30 bits per heavy atom. The minimum atomic E-state index is -3.32. The van der Waals surface area contributed by atoms with Crippen molar-refractivity contribution >= 4 is 13.5 Å². The van der Waals surface area contributed by atoms with Gasteiger partial charge in [-0.2, -0.15) is 0 Å². The molecule has 2 aromatic carbocycles. The number of nitrogens with zero attached hydrogens (tertiary/aromatic N) is 3. The van der Waals surface area contributed by atoms with Gasteiger partial charge >= 0.3 is 7.67 Å². The summed E-state index contributed by atoms with van der Waals surface area (Å²) in [5.41, 5.74) is 5.14. The van der Waals surface area contributed by atoms with E-state index in [-0.39, 0.29) is 0 Å². The number of para-hydroxylation sites is 1. The summed E-state index contributed by atoms with van der Waals surface area (Å²) >= 11 is 0. The molecule has 1 N–H and O–H groups in total. The van der Waals surface area contributed by atoms with Gasteiger partial charge in [-0.25, -0.2) is 9.34 Å². The number of amidine groups is 1. The molecule has 0 saturated carbocycles. The lowest BCUT2D eigenvalue weighted by atomic mass is 10.1. The van der Waals surface area contributed by atoms with Crippen molar-refractivity contribution in [3.63, 3.8) is 0 Å². The molecule has 1 atom stereocenters. The van der Waals surface area contributed by atoms with Gasteiger partial charge in [0, 0.05) is 19.7 Å². The second-order valence-electron chi connectivity index (χ2n) is 5.33. The molecule has 120 valence electrons. The number of hydrazine groups is 1. The Labute approximate surface area is 135 Å². The first kappa shape index (κ1) is 15.6. The summed E-state index contributed by atoms with van der Waals surface area (Å²) < 4.78 is 21.7. The zero-order valence-corrected chi connectivity index (χ0v) is 14.2. The summed E-state index contributed by atoms with van der Waals surface area (Å²) in [6.45, 7) is 2.03. The highest BCUT2D eigenvalue weighted by molar-refractivity contribution is 7.54. The monoisotopic (exact) mass is 330 g/mol. The number of rotatable bonds is 3. The van der Waals surface area contributed by atoms with E-state index in [1.165, 1.54) is 15.1 Å². The lowest BCUT2D eigenvalue weighted by molar-refractivity contribution is 0.284. The highest BCUT2D eigenvalue weighted by Gasteiger charge is 2.40. The lowest BCUT2D eigenvalue weighted by Crippen LogP contribution is -2.46. The van der Waals surface area contributed by atoms with E-state index in [0.717, 1.165) is 5.56 Å². The minimum Gasteiger partial charge on any atom is -0.416 e. The van der Waals surface area contributed by atoms with E-state index >= 15 is 0 Å². The predicted molar refractivity (Wildman–Crippen MR) is 91.1 cm³/mol. The van der Waals surface area contributed by atoms with Crippen molar-refractivity contribution in [3.05, 3.63) is 65.7 Å². The van der Waals surface area contributed by atoms with Crippen molar-refractivity contribution in [2.75, 3.05) is 14.1 Å².